The molecule has 0 aromatic heterocycles. The third-order valence-corrected chi connectivity index (χ3v) is 0.901. The summed E-state index contributed by atoms with van der Waals surface area (Å²) in [4.78, 5) is 0. The molecule has 2 N–H and O–H groups in total. The summed E-state index contributed by atoms with van der Waals surface area (Å²) in [5.41, 5.74) is 0. The predicted molar refractivity (Wildman–Crippen MR) is 40.5 cm³/mol. The molecule has 0 aliphatic heterocycles. The van der Waals surface area contributed by atoms with Gasteiger partial charge in [0, 0.05) is 7.11 Å². The number of aliphatic hydroxyl groups is 1. The van der Waals surface area contributed by atoms with Crippen LogP contribution >= 0.6 is 12.6 Å². The largest absolute Gasteiger partial charge is 0.400 e. The maximum atomic E-state index is 7.00. The normalized spacial score (nSPS) is 7.50. The molecule has 0 unspecified atom stereocenters. The fourth-order valence-electron chi connectivity index (χ4n) is 0.256. The number of thiol groups is 1. The minimum atomic E-state index is 0.987. The van der Waals surface area contributed by atoms with E-state index in [1.807, 2.05) is 7.05 Å². The van der Waals surface area contributed by atoms with E-state index in [1.54, 1.807) is 0 Å². The Morgan fingerprint density at radius 1 is 1.50 bits per heavy atom. The second-order valence-electron chi connectivity index (χ2n) is 1.18. The lowest BCUT2D eigenvalue weighted by atomic mass is 10.5. The molecule has 0 aliphatic rings. The highest BCUT2D eigenvalue weighted by molar-refractivity contribution is 7.80. The number of hydrogen-bond acceptors (Lipinski definition) is 3. The molecule has 2 nitrogen and oxygen atoms in total. The molecule has 3 heteroatoms. The van der Waals surface area contributed by atoms with Crippen LogP contribution in [-0.2, 0) is 0 Å². The molecular weight excluding hydrogens is 122 g/mol. The Kier molecular flexibility index (Phi) is 21.8. The van der Waals surface area contributed by atoms with E-state index in [0.29, 0.717) is 0 Å². The van der Waals surface area contributed by atoms with Gasteiger partial charge in [-0.25, -0.2) is 0 Å². The fraction of sp³-hybridized carbons (Fsp3) is 1.00. The van der Waals surface area contributed by atoms with Gasteiger partial charge in [0.05, 0.1) is 0 Å². The molecule has 8 heavy (non-hydrogen) atoms. The molecule has 0 aromatic rings. The van der Waals surface area contributed by atoms with Crippen molar-refractivity contribution in [1.29, 1.82) is 0 Å². The van der Waals surface area contributed by atoms with Crippen molar-refractivity contribution in [2.45, 2.75) is 6.42 Å². The maximum Gasteiger partial charge on any atom is 0.0319 e. The van der Waals surface area contributed by atoms with Gasteiger partial charge in [0.1, 0.15) is 0 Å². The molecule has 0 saturated carbocycles. The summed E-state index contributed by atoms with van der Waals surface area (Å²) in [5.74, 6) is 0.987. The summed E-state index contributed by atoms with van der Waals surface area (Å²) in [5, 5.41) is 10.0. The second-order valence-corrected chi connectivity index (χ2v) is 1.63. The Morgan fingerprint density at radius 3 is 2.12 bits per heavy atom. The van der Waals surface area contributed by atoms with E-state index < -0.39 is 0 Å². The van der Waals surface area contributed by atoms with Crippen LogP contribution < -0.4 is 5.32 Å². The first-order valence-electron chi connectivity index (χ1n) is 2.62. The van der Waals surface area contributed by atoms with Crippen LogP contribution in [-0.4, -0.2) is 31.6 Å². The van der Waals surface area contributed by atoms with Crippen LogP contribution in [0.1, 0.15) is 6.42 Å². The van der Waals surface area contributed by atoms with Crippen molar-refractivity contribution in [1.82, 2.24) is 5.32 Å². The van der Waals surface area contributed by atoms with Crippen LogP contribution in [0, 0.1) is 0 Å². The second kappa shape index (κ2) is 15.7. The van der Waals surface area contributed by atoms with E-state index in [4.69, 9.17) is 5.11 Å². The first-order valence-corrected chi connectivity index (χ1v) is 3.25. The number of nitrogens with one attached hydrogen (secondary N) is 1. The van der Waals surface area contributed by atoms with Gasteiger partial charge in [-0.1, -0.05) is 0 Å². The maximum absolute atomic E-state index is 7.00. The van der Waals surface area contributed by atoms with Crippen molar-refractivity contribution in [3.05, 3.63) is 0 Å². The quantitative estimate of drug-likeness (QED) is 0.382. The zero-order chi connectivity index (χ0) is 6.83. The lowest BCUT2D eigenvalue weighted by Crippen LogP contribution is -2.07. The molecule has 0 fully saturated rings. The number of hydrogen-bond donors (Lipinski definition) is 3. The van der Waals surface area contributed by atoms with Crippen LogP contribution in [0.4, 0.5) is 0 Å². The molecule has 0 aromatic carbocycles. The monoisotopic (exact) mass is 137 g/mol. The van der Waals surface area contributed by atoms with E-state index >= 15 is 0 Å². The van der Waals surface area contributed by atoms with Crippen LogP contribution in [0.5, 0.6) is 0 Å². The molecule has 0 atom stereocenters. The van der Waals surface area contributed by atoms with Crippen molar-refractivity contribution < 1.29 is 5.11 Å². The fourth-order valence-corrected chi connectivity index (χ4v) is 0.414. The molecule has 52 valence electrons. The minimum absolute atomic E-state index is 0.987. The minimum Gasteiger partial charge on any atom is -0.400 e. The first kappa shape index (κ1) is 11.1. The van der Waals surface area contributed by atoms with E-state index in [2.05, 4.69) is 17.9 Å². The summed E-state index contributed by atoms with van der Waals surface area (Å²) in [6, 6.07) is 0. The van der Waals surface area contributed by atoms with E-state index in [1.165, 1.54) is 6.42 Å². The summed E-state index contributed by atoms with van der Waals surface area (Å²) in [6.45, 7) is 1.09. The summed E-state index contributed by atoms with van der Waals surface area (Å²) in [7, 11) is 2.95. The van der Waals surface area contributed by atoms with Crippen LogP contribution in [0.15, 0.2) is 0 Å². The molecule has 0 saturated heterocycles. The average molecular weight is 137 g/mol. The van der Waals surface area contributed by atoms with Crippen molar-refractivity contribution in [3.8, 4) is 0 Å². The Morgan fingerprint density at radius 2 is 2.00 bits per heavy atom. The van der Waals surface area contributed by atoms with E-state index in [0.717, 1.165) is 19.4 Å². The van der Waals surface area contributed by atoms with Gasteiger partial charge in [0.2, 0.25) is 0 Å². The van der Waals surface area contributed by atoms with Crippen molar-refractivity contribution >= 4 is 12.6 Å². The van der Waals surface area contributed by atoms with Gasteiger partial charge in [0.15, 0.2) is 0 Å². The molecule has 0 heterocycles. The van der Waals surface area contributed by atoms with Crippen LogP contribution in [0.2, 0.25) is 0 Å². The summed E-state index contributed by atoms with van der Waals surface area (Å²) >= 11 is 4.01. The van der Waals surface area contributed by atoms with Crippen LogP contribution in [0.25, 0.3) is 0 Å². The topological polar surface area (TPSA) is 32.3 Å². The molecule has 0 amide bonds. The smallest absolute Gasteiger partial charge is 0.0319 e. The third kappa shape index (κ3) is 16.3. The highest BCUT2D eigenvalue weighted by Crippen LogP contribution is 1.77. The molecule has 0 bridgehead atoms. The van der Waals surface area contributed by atoms with Crippen molar-refractivity contribution in [2.24, 2.45) is 0 Å². The van der Waals surface area contributed by atoms with E-state index in [-0.39, 0.29) is 0 Å². The standard InChI is InChI=1S/C4H11NS.CH4O/c1-5-3-2-4-6;1-2/h5-6H,2-4H2,1H3;2H,1H3. The van der Waals surface area contributed by atoms with Gasteiger partial charge < -0.3 is 10.4 Å². The van der Waals surface area contributed by atoms with Crippen LogP contribution in [0.3, 0.4) is 0 Å². The molecule has 0 aliphatic carbocycles. The summed E-state index contributed by atoms with van der Waals surface area (Å²) in [6.07, 6.45) is 1.17. The Balaban J connectivity index is 0. The highest BCUT2D eigenvalue weighted by Gasteiger charge is 1.73. The zero-order valence-electron chi connectivity index (χ0n) is 5.52. The first-order chi connectivity index (χ1) is 3.91. The molecular formula is C5H15NOS. The van der Waals surface area contributed by atoms with Gasteiger partial charge in [-0.2, -0.15) is 12.6 Å². The molecule has 0 radical (unpaired) electrons. The summed E-state index contributed by atoms with van der Waals surface area (Å²) < 4.78 is 0. The van der Waals surface area contributed by atoms with Gasteiger partial charge in [-0.3, -0.25) is 0 Å². The molecule has 0 spiro atoms. The SMILES string of the molecule is CNCCCS.CO. The van der Waals surface area contributed by atoms with Crippen molar-refractivity contribution in [2.75, 3.05) is 26.5 Å². The van der Waals surface area contributed by atoms with E-state index in [9.17, 15) is 0 Å². The lowest BCUT2D eigenvalue weighted by Gasteiger charge is -1.89. The Bertz CT molecular complexity index is 24.4. The Labute approximate surface area is 56.7 Å². The lowest BCUT2D eigenvalue weighted by molar-refractivity contribution is 0.399. The van der Waals surface area contributed by atoms with Gasteiger partial charge >= 0.3 is 0 Å². The Hall–Kier alpha value is 0.270. The average Bonchev–Trinajstić information content (AvgIpc) is 1.88. The highest BCUT2D eigenvalue weighted by atomic mass is 32.1. The number of rotatable bonds is 3. The van der Waals surface area contributed by atoms with Gasteiger partial charge in [-0.05, 0) is 25.8 Å². The predicted octanol–water partition coefficient (Wildman–Crippen LogP) is 0.134. The van der Waals surface area contributed by atoms with Gasteiger partial charge in [-0.15, -0.1) is 0 Å². The third-order valence-electron chi connectivity index (χ3n) is 0.585. The number of aliphatic hydroxyl groups excluding tert-OH is 1. The van der Waals surface area contributed by atoms with Gasteiger partial charge in [0.25, 0.3) is 0 Å². The molecule has 0 rings (SSSR count). The zero-order valence-corrected chi connectivity index (χ0v) is 6.41. The van der Waals surface area contributed by atoms with Crippen molar-refractivity contribution in [3.63, 3.8) is 0 Å².